The predicted molar refractivity (Wildman–Crippen MR) is 67.8 cm³/mol. The molecule has 1 nitrogen and oxygen atoms in total. The normalized spacial score (nSPS) is 13.6. The average molecular weight is 313 g/mol. The van der Waals surface area contributed by atoms with Crippen LogP contribution in [0.4, 0.5) is 26.3 Å². The van der Waals surface area contributed by atoms with Gasteiger partial charge in [0.15, 0.2) is 0 Å². The monoisotopic (exact) mass is 313 g/mol. The van der Waals surface area contributed by atoms with E-state index >= 15 is 0 Å². The maximum Gasteiger partial charge on any atom is 0.416 e. The van der Waals surface area contributed by atoms with E-state index in [-0.39, 0.29) is 18.2 Å². The molecule has 0 saturated carbocycles. The summed E-state index contributed by atoms with van der Waals surface area (Å²) in [6.07, 6.45) is -8.95. The fourth-order valence-electron chi connectivity index (χ4n) is 2.33. The van der Waals surface area contributed by atoms with Crippen LogP contribution in [0.25, 0.3) is 0 Å². The van der Waals surface area contributed by atoms with Gasteiger partial charge in [0.05, 0.1) is 11.1 Å². The van der Waals surface area contributed by atoms with Crippen LogP contribution >= 0.6 is 0 Å². The lowest BCUT2D eigenvalue weighted by molar-refractivity contribution is -0.143. The Morgan fingerprint density at radius 2 is 1.10 bits per heavy atom. The van der Waals surface area contributed by atoms with Gasteiger partial charge in [0.1, 0.15) is 0 Å². The molecule has 0 saturated heterocycles. The van der Waals surface area contributed by atoms with Crippen LogP contribution in [0.3, 0.4) is 0 Å². The highest BCUT2D eigenvalue weighted by atomic mass is 19.4. The molecule has 0 heterocycles. The molecule has 0 fully saturated rings. The van der Waals surface area contributed by atoms with Gasteiger partial charge in [0.2, 0.25) is 0 Å². The van der Waals surface area contributed by atoms with Crippen molar-refractivity contribution in [2.45, 2.75) is 44.5 Å². The molecule has 0 aliphatic carbocycles. The van der Waals surface area contributed by atoms with E-state index in [1.807, 2.05) is 0 Å². The first-order chi connectivity index (χ1) is 9.50. The minimum Gasteiger partial charge on any atom is -0.330 e. The lowest BCUT2D eigenvalue weighted by Crippen LogP contribution is -2.34. The van der Waals surface area contributed by atoms with E-state index in [4.69, 9.17) is 5.73 Å². The van der Waals surface area contributed by atoms with Crippen LogP contribution in [0.2, 0.25) is 0 Å². The number of benzene rings is 1. The van der Waals surface area contributed by atoms with Crippen LogP contribution in [0.15, 0.2) is 18.2 Å². The number of alkyl halides is 6. The molecule has 0 radical (unpaired) electrons. The molecule has 1 aromatic carbocycles. The smallest absolute Gasteiger partial charge is 0.330 e. The first-order valence-corrected chi connectivity index (χ1v) is 6.50. The van der Waals surface area contributed by atoms with E-state index in [0.29, 0.717) is 12.8 Å². The summed E-state index contributed by atoms with van der Waals surface area (Å²) < 4.78 is 77.0. The molecular weight excluding hydrogens is 296 g/mol. The van der Waals surface area contributed by atoms with Crippen LogP contribution in [0, 0.1) is 0 Å². The van der Waals surface area contributed by atoms with Crippen molar-refractivity contribution in [2.75, 3.05) is 6.54 Å². The molecule has 0 unspecified atom stereocenters. The molecule has 0 atom stereocenters. The van der Waals surface area contributed by atoms with E-state index in [9.17, 15) is 26.3 Å². The van der Waals surface area contributed by atoms with Gasteiger partial charge in [0.25, 0.3) is 0 Å². The summed E-state index contributed by atoms with van der Waals surface area (Å²) in [5.74, 6) is 0. The summed E-state index contributed by atoms with van der Waals surface area (Å²) in [5, 5.41) is 0. The Morgan fingerprint density at radius 1 is 0.762 bits per heavy atom. The standard InChI is InChI=1S/C14H17F6N/c1-3-12(4-2,8-21)9-5-10(13(15,16)17)7-11(6-9)14(18,19)20/h5-7H,3-4,8,21H2,1-2H3. The number of hydrogen-bond donors (Lipinski definition) is 1. The Balaban J connectivity index is 3.59. The Morgan fingerprint density at radius 3 is 1.33 bits per heavy atom. The third kappa shape index (κ3) is 3.70. The van der Waals surface area contributed by atoms with Gasteiger partial charge in [-0.1, -0.05) is 13.8 Å². The van der Waals surface area contributed by atoms with Gasteiger partial charge in [-0.15, -0.1) is 0 Å². The third-order valence-corrected chi connectivity index (χ3v) is 3.94. The molecule has 7 heteroatoms. The van der Waals surface area contributed by atoms with Gasteiger partial charge < -0.3 is 5.73 Å². The summed E-state index contributed by atoms with van der Waals surface area (Å²) >= 11 is 0. The number of hydrogen-bond acceptors (Lipinski definition) is 1. The van der Waals surface area contributed by atoms with Crippen molar-refractivity contribution in [1.82, 2.24) is 0 Å². The van der Waals surface area contributed by atoms with Gasteiger partial charge in [-0.2, -0.15) is 26.3 Å². The highest BCUT2D eigenvalue weighted by Crippen LogP contribution is 2.40. The highest BCUT2D eigenvalue weighted by Gasteiger charge is 2.39. The van der Waals surface area contributed by atoms with Crippen molar-refractivity contribution in [2.24, 2.45) is 5.73 Å². The van der Waals surface area contributed by atoms with Crippen LogP contribution < -0.4 is 5.73 Å². The van der Waals surface area contributed by atoms with E-state index in [1.54, 1.807) is 13.8 Å². The second kappa shape index (κ2) is 5.87. The van der Waals surface area contributed by atoms with Crippen LogP contribution in [-0.4, -0.2) is 6.54 Å². The van der Waals surface area contributed by atoms with Crippen molar-refractivity contribution < 1.29 is 26.3 Å². The van der Waals surface area contributed by atoms with Crippen molar-refractivity contribution in [3.05, 3.63) is 34.9 Å². The Bertz CT molecular complexity index is 445. The second-order valence-corrected chi connectivity index (χ2v) is 4.99. The molecular formula is C14H17F6N. The van der Waals surface area contributed by atoms with Crippen molar-refractivity contribution in [3.63, 3.8) is 0 Å². The fraction of sp³-hybridized carbons (Fsp3) is 0.571. The number of nitrogens with two attached hydrogens (primary N) is 1. The fourth-order valence-corrected chi connectivity index (χ4v) is 2.33. The quantitative estimate of drug-likeness (QED) is 0.798. The van der Waals surface area contributed by atoms with Gasteiger partial charge in [-0.25, -0.2) is 0 Å². The number of halogens is 6. The summed E-state index contributed by atoms with van der Waals surface area (Å²) in [6, 6.07) is 1.68. The lowest BCUT2D eigenvalue weighted by Gasteiger charge is -2.32. The molecule has 0 spiro atoms. The zero-order chi connectivity index (χ0) is 16.5. The van der Waals surface area contributed by atoms with Gasteiger partial charge in [-0.05, 0) is 36.6 Å². The lowest BCUT2D eigenvalue weighted by atomic mass is 9.75. The largest absolute Gasteiger partial charge is 0.416 e. The van der Waals surface area contributed by atoms with E-state index in [1.165, 1.54) is 0 Å². The average Bonchev–Trinajstić information content (AvgIpc) is 2.39. The topological polar surface area (TPSA) is 26.0 Å². The van der Waals surface area contributed by atoms with Crippen molar-refractivity contribution in [3.8, 4) is 0 Å². The van der Waals surface area contributed by atoms with Gasteiger partial charge >= 0.3 is 12.4 Å². The third-order valence-electron chi connectivity index (χ3n) is 3.94. The Labute approximate surface area is 119 Å². The Hall–Kier alpha value is -1.24. The summed E-state index contributed by atoms with van der Waals surface area (Å²) in [4.78, 5) is 0. The summed E-state index contributed by atoms with van der Waals surface area (Å²) in [6.45, 7) is 3.38. The van der Waals surface area contributed by atoms with Crippen LogP contribution in [0.1, 0.15) is 43.4 Å². The zero-order valence-corrected chi connectivity index (χ0v) is 11.7. The predicted octanol–water partition coefficient (Wildman–Crippen LogP) is 4.74. The molecule has 120 valence electrons. The molecule has 0 amide bonds. The first-order valence-electron chi connectivity index (χ1n) is 6.50. The molecule has 0 aliphatic rings. The van der Waals surface area contributed by atoms with E-state index in [2.05, 4.69) is 0 Å². The molecule has 1 rings (SSSR count). The Kier molecular flexibility index (Phi) is 4.98. The van der Waals surface area contributed by atoms with Crippen LogP contribution in [0.5, 0.6) is 0 Å². The van der Waals surface area contributed by atoms with Gasteiger partial charge in [-0.3, -0.25) is 0 Å². The zero-order valence-electron chi connectivity index (χ0n) is 11.7. The summed E-state index contributed by atoms with van der Waals surface area (Å²) in [5.41, 5.74) is 2.11. The van der Waals surface area contributed by atoms with E-state index in [0.717, 1.165) is 12.1 Å². The molecule has 0 aliphatic heterocycles. The van der Waals surface area contributed by atoms with Crippen molar-refractivity contribution in [1.29, 1.82) is 0 Å². The highest BCUT2D eigenvalue weighted by molar-refractivity contribution is 5.38. The van der Waals surface area contributed by atoms with E-state index < -0.39 is 28.9 Å². The summed E-state index contributed by atoms with van der Waals surface area (Å²) in [7, 11) is 0. The van der Waals surface area contributed by atoms with Crippen LogP contribution in [-0.2, 0) is 17.8 Å². The minimum atomic E-state index is -4.84. The first kappa shape index (κ1) is 17.8. The molecule has 0 aromatic heterocycles. The number of rotatable bonds is 4. The minimum absolute atomic E-state index is 0.0153. The maximum absolute atomic E-state index is 12.8. The van der Waals surface area contributed by atoms with Crippen molar-refractivity contribution >= 4 is 0 Å². The van der Waals surface area contributed by atoms with Gasteiger partial charge in [0, 0.05) is 12.0 Å². The molecule has 0 bridgehead atoms. The molecule has 1 aromatic rings. The molecule has 2 N–H and O–H groups in total. The molecule has 21 heavy (non-hydrogen) atoms. The maximum atomic E-state index is 12.8. The second-order valence-electron chi connectivity index (χ2n) is 4.99. The SMILES string of the molecule is CCC(CC)(CN)c1cc(C(F)(F)F)cc(C(F)(F)F)c1.